The first-order valence-electron chi connectivity index (χ1n) is 6.52. The molecule has 0 bridgehead atoms. The Bertz CT molecular complexity index is 399. The van der Waals surface area contributed by atoms with Gasteiger partial charge in [0.1, 0.15) is 0 Å². The molecule has 1 amide bonds. The Kier molecular flexibility index (Phi) is 3.97. The van der Waals surface area contributed by atoms with Gasteiger partial charge in [0.15, 0.2) is 0 Å². The molecule has 0 radical (unpaired) electrons. The standard InChI is InChI=1S/C14H21N3O/c1-14(8-5-10-16-14)13(18)17(2)11-7-12-6-3-4-9-15-12/h3-4,6,9,16H,5,7-8,10-11H2,1-2H3. The van der Waals surface area contributed by atoms with Crippen LogP contribution in [0.3, 0.4) is 0 Å². The fraction of sp³-hybridized carbons (Fsp3) is 0.571. The lowest BCUT2D eigenvalue weighted by molar-refractivity contribution is -0.135. The number of nitrogens with zero attached hydrogens (tertiary/aromatic N) is 2. The zero-order valence-corrected chi connectivity index (χ0v) is 11.1. The average molecular weight is 247 g/mol. The summed E-state index contributed by atoms with van der Waals surface area (Å²) in [6.07, 6.45) is 4.60. The first-order valence-corrected chi connectivity index (χ1v) is 6.52. The molecule has 2 rings (SSSR count). The second-order valence-corrected chi connectivity index (χ2v) is 5.16. The molecule has 1 N–H and O–H groups in total. The topological polar surface area (TPSA) is 45.2 Å². The fourth-order valence-electron chi connectivity index (χ4n) is 2.43. The molecular weight excluding hydrogens is 226 g/mol. The molecule has 0 saturated carbocycles. The molecule has 0 aliphatic carbocycles. The molecule has 1 atom stereocenters. The third kappa shape index (κ3) is 2.88. The number of hydrogen-bond acceptors (Lipinski definition) is 3. The third-order valence-electron chi connectivity index (χ3n) is 3.62. The molecule has 1 aliphatic heterocycles. The highest BCUT2D eigenvalue weighted by atomic mass is 16.2. The van der Waals surface area contributed by atoms with Crippen LogP contribution in [0.1, 0.15) is 25.5 Å². The number of aromatic nitrogens is 1. The van der Waals surface area contributed by atoms with Gasteiger partial charge in [0, 0.05) is 31.9 Å². The summed E-state index contributed by atoms with van der Waals surface area (Å²) >= 11 is 0. The highest BCUT2D eigenvalue weighted by molar-refractivity contribution is 5.86. The maximum atomic E-state index is 12.3. The molecular formula is C14H21N3O. The number of carbonyl (C=O) groups excluding carboxylic acids is 1. The Balaban J connectivity index is 1.88. The van der Waals surface area contributed by atoms with Crippen molar-refractivity contribution in [3.8, 4) is 0 Å². The zero-order chi connectivity index (χ0) is 13.0. The highest BCUT2D eigenvalue weighted by Gasteiger charge is 2.37. The van der Waals surface area contributed by atoms with Crippen LogP contribution in [0, 0.1) is 0 Å². The summed E-state index contributed by atoms with van der Waals surface area (Å²) in [4.78, 5) is 18.4. The van der Waals surface area contributed by atoms with Crippen molar-refractivity contribution < 1.29 is 4.79 Å². The van der Waals surface area contributed by atoms with Crippen molar-refractivity contribution in [2.45, 2.75) is 31.7 Å². The molecule has 0 aromatic carbocycles. The third-order valence-corrected chi connectivity index (χ3v) is 3.62. The van der Waals surface area contributed by atoms with Crippen LogP contribution in [0.25, 0.3) is 0 Å². The summed E-state index contributed by atoms with van der Waals surface area (Å²) in [5.41, 5.74) is 0.667. The van der Waals surface area contributed by atoms with Crippen LogP contribution in [0.5, 0.6) is 0 Å². The fourth-order valence-corrected chi connectivity index (χ4v) is 2.43. The Labute approximate surface area is 108 Å². The van der Waals surface area contributed by atoms with E-state index < -0.39 is 0 Å². The Morgan fingerprint density at radius 2 is 2.39 bits per heavy atom. The van der Waals surface area contributed by atoms with Crippen molar-refractivity contribution in [3.05, 3.63) is 30.1 Å². The molecule has 4 nitrogen and oxygen atoms in total. The minimum atomic E-state index is -0.362. The number of carbonyl (C=O) groups is 1. The number of pyridine rings is 1. The van der Waals surface area contributed by atoms with E-state index in [0.717, 1.165) is 31.5 Å². The molecule has 18 heavy (non-hydrogen) atoms. The molecule has 1 unspecified atom stereocenters. The van der Waals surface area contributed by atoms with Gasteiger partial charge in [-0.2, -0.15) is 0 Å². The van der Waals surface area contributed by atoms with Gasteiger partial charge in [0.25, 0.3) is 0 Å². The smallest absolute Gasteiger partial charge is 0.242 e. The van der Waals surface area contributed by atoms with E-state index in [2.05, 4.69) is 10.3 Å². The first kappa shape index (κ1) is 13.0. The largest absolute Gasteiger partial charge is 0.344 e. The number of likely N-dealkylation sites (N-methyl/N-ethyl adjacent to an activating group) is 1. The number of hydrogen-bond donors (Lipinski definition) is 1. The van der Waals surface area contributed by atoms with E-state index in [0.29, 0.717) is 6.54 Å². The van der Waals surface area contributed by atoms with E-state index in [-0.39, 0.29) is 11.4 Å². The summed E-state index contributed by atoms with van der Waals surface area (Å²) in [6.45, 7) is 3.66. The van der Waals surface area contributed by atoms with E-state index in [1.54, 1.807) is 6.20 Å². The van der Waals surface area contributed by atoms with Gasteiger partial charge in [-0.25, -0.2) is 0 Å². The van der Waals surface area contributed by atoms with Crippen LogP contribution in [-0.4, -0.2) is 41.5 Å². The van der Waals surface area contributed by atoms with Crippen LogP contribution in [0.2, 0.25) is 0 Å². The normalized spacial score (nSPS) is 23.0. The number of amides is 1. The highest BCUT2D eigenvalue weighted by Crippen LogP contribution is 2.20. The van der Waals surface area contributed by atoms with Crippen molar-refractivity contribution >= 4 is 5.91 Å². The van der Waals surface area contributed by atoms with Crippen LogP contribution < -0.4 is 5.32 Å². The van der Waals surface area contributed by atoms with Crippen molar-refractivity contribution in [1.82, 2.24) is 15.2 Å². The number of rotatable bonds is 4. The quantitative estimate of drug-likeness (QED) is 0.870. The molecule has 98 valence electrons. The second-order valence-electron chi connectivity index (χ2n) is 5.16. The lowest BCUT2D eigenvalue weighted by Crippen LogP contribution is -2.52. The molecule has 2 heterocycles. The van der Waals surface area contributed by atoms with Gasteiger partial charge in [-0.15, -0.1) is 0 Å². The van der Waals surface area contributed by atoms with Crippen LogP contribution in [0.15, 0.2) is 24.4 Å². The van der Waals surface area contributed by atoms with E-state index in [4.69, 9.17) is 0 Å². The van der Waals surface area contributed by atoms with E-state index >= 15 is 0 Å². The summed E-state index contributed by atoms with van der Waals surface area (Å²) in [5.74, 6) is 0.191. The predicted octanol–water partition coefficient (Wildman–Crippen LogP) is 1.22. The number of nitrogens with one attached hydrogen (secondary N) is 1. The molecule has 1 fully saturated rings. The summed E-state index contributed by atoms with van der Waals surface area (Å²) < 4.78 is 0. The van der Waals surface area contributed by atoms with Gasteiger partial charge in [0.2, 0.25) is 5.91 Å². The van der Waals surface area contributed by atoms with E-state index in [1.165, 1.54) is 0 Å². The first-order chi connectivity index (χ1) is 8.62. The monoisotopic (exact) mass is 247 g/mol. The Morgan fingerprint density at radius 1 is 1.56 bits per heavy atom. The molecule has 1 aliphatic rings. The van der Waals surface area contributed by atoms with Crippen molar-refractivity contribution in [1.29, 1.82) is 0 Å². The van der Waals surface area contributed by atoms with Gasteiger partial charge < -0.3 is 10.2 Å². The minimum Gasteiger partial charge on any atom is -0.344 e. The second kappa shape index (κ2) is 5.48. The lowest BCUT2D eigenvalue weighted by atomic mass is 9.98. The molecule has 4 heteroatoms. The molecule has 0 spiro atoms. The Hall–Kier alpha value is -1.42. The van der Waals surface area contributed by atoms with Gasteiger partial charge in [-0.3, -0.25) is 9.78 Å². The van der Waals surface area contributed by atoms with Gasteiger partial charge in [-0.05, 0) is 38.4 Å². The van der Waals surface area contributed by atoms with Crippen molar-refractivity contribution in [3.63, 3.8) is 0 Å². The predicted molar refractivity (Wildman–Crippen MR) is 71.2 cm³/mol. The van der Waals surface area contributed by atoms with Gasteiger partial charge in [-0.1, -0.05) is 6.07 Å². The summed E-state index contributed by atoms with van der Waals surface area (Å²) in [6, 6.07) is 5.87. The molecule has 1 aromatic rings. The van der Waals surface area contributed by atoms with Crippen LogP contribution >= 0.6 is 0 Å². The van der Waals surface area contributed by atoms with E-state index in [1.807, 2.05) is 37.1 Å². The van der Waals surface area contributed by atoms with E-state index in [9.17, 15) is 4.79 Å². The minimum absolute atomic E-state index is 0.191. The summed E-state index contributed by atoms with van der Waals surface area (Å²) in [5, 5.41) is 3.31. The maximum absolute atomic E-state index is 12.3. The van der Waals surface area contributed by atoms with Crippen molar-refractivity contribution in [2.75, 3.05) is 20.1 Å². The van der Waals surface area contributed by atoms with Gasteiger partial charge in [0.05, 0.1) is 5.54 Å². The van der Waals surface area contributed by atoms with Crippen LogP contribution in [-0.2, 0) is 11.2 Å². The lowest BCUT2D eigenvalue weighted by Gasteiger charge is -2.29. The van der Waals surface area contributed by atoms with Gasteiger partial charge >= 0.3 is 0 Å². The SMILES string of the molecule is CN(CCc1ccccn1)C(=O)C1(C)CCCN1. The average Bonchev–Trinajstić information content (AvgIpc) is 2.84. The van der Waals surface area contributed by atoms with Crippen LogP contribution in [0.4, 0.5) is 0 Å². The van der Waals surface area contributed by atoms with Crippen molar-refractivity contribution in [2.24, 2.45) is 0 Å². The summed E-state index contributed by atoms with van der Waals surface area (Å²) in [7, 11) is 1.87. The molecule has 1 saturated heterocycles. The molecule has 1 aromatic heterocycles. The zero-order valence-electron chi connectivity index (χ0n) is 11.1. The maximum Gasteiger partial charge on any atom is 0.242 e. The Morgan fingerprint density at radius 3 is 3.00 bits per heavy atom.